The minimum atomic E-state index is 0.0785. The van der Waals surface area contributed by atoms with E-state index in [1.165, 1.54) is 5.39 Å². The normalized spacial score (nSPS) is 10.8. The maximum absolute atomic E-state index is 9.24. The molecule has 0 aliphatic rings. The van der Waals surface area contributed by atoms with Gasteiger partial charge in [-0.2, -0.15) is 0 Å². The predicted octanol–water partition coefficient (Wildman–Crippen LogP) is 3.70. The molecule has 0 saturated carbocycles. The summed E-state index contributed by atoms with van der Waals surface area (Å²) in [5.74, 6) is 0. The zero-order valence-corrected chi connectivity index (χ0v) is 10.8. The van der Waals surface area contributed by atoms with Crippen LogP contribution in [0, 0.1) is 6.92 Å². The minimum absolute atomic E-state index is 0.0785. The lowest BCUT2D eigenvalue weighted by atomic mass is 10.00. The highest BCUT2D eigenvalue weighted by Crippen LogP contribution is 2.27. The molecule has 2 aromatic carbocycles. The van der Waals surface area contributed by atoms with Gasteiger partial charge >= 0.3 is 0 Å². The van der Waals surface area contributed by atoms with E-state index in [4.69, 9.17) is 0 Å². The number of hydrogen-bond acceptors (Lipinski definition) is 2. The summed E-state index contributed by atoms with van der Waals surface area (Å²) >= 11 is 0. The molecule has 1 heterocycles. The first-order valence-corrected chi connectivity index (χ1v) is 6.34. The van der Waals surface area contributed by atoms with E-state index >= 15 is 0 Å². The van der Waals surface area contributed by atoms with Crippen molar-refractivity contribution in [2.24, 2.45) is 0 Å². The molecule has 2 nitrogen and oxygen atoms in total. The second kappa shape index (κ2) is 4.82. The molecule has 0 atom stereocenters. The molecule has 0 unspecified atom stereocenters. The maximum atomic E-state index is 9.24. The Bertz CT molecular complexity index is 729. The molecule has 0 bridgehead atoms. The molecule has 2 heteroatoms. The van der Waals surface area contributed by atoms with Crippen LogP contribution in [0.3, 0.4) is 0 Å². The molecule has 3 rings (SSSR count). The van der Waals surface area contributed by atoms with Crippen molar-refractivity contribution >= 4 is 10.8 Å². The molecule has 1 N–H and O–H groups in total. The van der Waals surface area contributed by atoms with Crippen molar-refractivity contribution in [1.29, 1.82) is 0 Å². The van der Waals surface area contributed by atoms with Gasteiger partial charge in [-0.25, -0.2) is 0 Å². The number of nitrogens with zero attached hydrogens (tertiary/aromatic N) is 1. The van der Waals surface area contributed by atoms with Crippen molar-refractivity contribution < 1.29 is 5.11 Å². The summed E-state index contributed by atoms with van der Waals surface area (Å²) in [7, 11) is 0. The Morgan fingerprint density at radius 3 is 2.68 bits per heavy atom. The van der Waals surface area contributed by atoms with Crippen LogP contribution in [0.5, 0.6) is 0 Å². The van der Waals surface area contributed by atoms with Gasteiger partial charge in [-0.05, 0) is 35.6 Å². The lowest BCUT2D eigenvalue weighted by Gasteiger charge is -2.08. The summed E-state index contributed by atoms with van der Waals surface area (Å²) in [6, 6.07) is 16.3. The van der Waals surface area contributed by atoms with Gasteiger partial charge in [0.15, 0.2) is 0 Å². The van der Waals surface area contributed by atoms with Crippen LogP contribution in [0.25, 0.3) is 22.0 Å². The van der Waals surface area contributed by atoms with Gasteiger partial charge in [-0.15, -0.1) is 0 Å². The predicted molar refractivity (Wildman–Crippen MR) is 77.8 cm³/mol. The Kier molecular flexibility index (Phi) is 3.02. The number of hydrogen-bond donors (Lipinski definition) is 1. The third-order valence-corrected chi connectivity index (χ3v) is 3.46. The van der Waals surface area contributed by atoms with Crippen molar-refractivity contribution in [2.75, 3.05) is 0 Å². The van der Waals surface area contributed by atoms with Crippen LogP contribution in [0.4, 0.5) is 0 Å². The van der Waals surface area contributed by atoms with Crippen LogP contribution in [0.2, 0.25) is 0 Å². The van der Waals surface area contributed by atoms with Crippen molar-refractivity contribution in [1.82, 2.24) is 4.98 Å². The quantitative estimate of drug-likeness (QED) is 0.751. The molecule has 0 aliphatic carbocycles. The van der Waals surface area contributed by atoms with Gasteiger partial charge in [-0.1, -0.05) is 36.4 Å². The number of fused-ring (bicyclic) bond motifs is 1. The molecule has 94 valence electrons. The Balaban J connectivity index is 2.22. The molecular formula is C17H15NO. The monoisotopic (exact) mass is 249 g/mol. The average molecular weight is 249 g/mol. The van der Waals surface area contributed by atoms with Crippen molar-refractivity contribution in [3.05, 3.63) is 65.9 Å². The fourth-order valence-corrected chi connectivity index (χ4v) is 2.37. The summed E-state index contributed by atoms with van der Waals surface area (Å²) in [6.45, 7) is 2.09. The fraction of sp³-hybridized carbons (Fsp3) is 0.118. The molecule has 0 amide bonds. The van der Waals surface area contributed by atoms with E-state index in [0.717, 1.165) is 27.8 Å². The molecule has 0 spiro atoms. The zero-order chi connectivity index (χ0) is 13.2. The summed E-state index contributed by atoms with van der Waals surface area (Å²) in [5.41, 5.74) is 4.14. The van der Waals surface area contributed by atoms with Crippen LogP contribution >= 0.6 is 0 Å². The Morgan fingerprint density at radius 2 is 1.89 bits per heavy atom. The zero-order valence-electron chi connectivity index (χ0n) is 10.8. The van der Waals surface area contributed by atoms with Gasteiger partial charge in [0.05, 0.1) is 12.3 Å². The van der Waals surface area contributed by atoms with Crippen LogP contribution in [-0.2, 0) is 6.61 Å². The lowest BCUT2D eigenvalue weighted by molar-refractivity contribution is 0.281. The minimum Gasteiger partial charge on any atom is -0.392 e. The SMILES string of the molecule is Cc1cc(-c2nccc3ccccc23)ccc1CO. The van der Waals surface area contributed by atoms with Crippen molar-refractivity contribution in [3.63, 3.8) is 0 Å². The smallest absolute Gasteiger partial charge is 0.0780 e. The molecule has 19 heavy (non-hydrogen) atoms. The van der Waals surface area contributed by atoms with Gasteiger partial charge in [0.2, 0.25) is 0 Å². The standard InChI is InChI=1S/C17H15NO/c1-12-10-14(6-7-15(12)11-19)17-16-5-3-2-4-13(16)8-9-18-17/h2-10,19H,11H2,1H3. The lowest BCUT2D eigenvalue weighted by Crippen LogP contribution is -1.91. The largest absolute Gasteiger partial charge is 0.392 e. The first kappa shape index (κ1) is 11.9. The van der Waals surface area contributed by atoms with E-state index in [0.29, 0.717) is 0 Å². The van der Waals surface area contributed by atoms with Crippen LogP contribution in [0.1, 0.15) is 11.1 Å². The molecule has 0 radical (unpaired) electrons. The number of pyridine rings is 1. The highest BCUT2D eigenvalue weighted by molar-refractivity contribution is 5.94. The number of aryl methyl sites for hydroxylation is 1. The second-order valence-electron chi connectivity index (χ2n) is 4.68. The molecular weight excluding hydrogens is 234 g/mol. The fourth-order valence-electron chi connectivity index (χ4n) is 2.37. The summed E-state index contributed by atoms with van der Waals surface area (Å²) in [5, 5.41) is 11.6. The third kappa shape index (κ3) is 2.11. The summed E-state index contributed by atoms with van der Waals surface area (Å²) in [6.07, 6.45) is 1.84. The molecule has 1 aromatic heterocycles. The maximum Gasteiger partial charge on any atom is 0.0780 e. The Labute approximate surface area is 112 Å². The van der Waals surface area contributed by atoms with Crippen molar-refractivity contribution in [2.45, 2.75) is 13.5 Å². The highest BCUT2D eigenvalue weighted by Gasteiger charge is 2.06. The molecule has 0 fully saturated rings. The van der Waals surface area contributed by atoms with E-state index in [1.807, 2.05) is 43.5 Å². The second-order valence-corrected chi connectivity index (χ2v) is 4.68. The number of benzene rings is 2. The highest BCUT2D eigenvalue weighted by atomic mass is 16.3. The van der Waals surface area contributed by atoms with Gasteiger partial charge in [0.25, 0.3) is 0 Å². The van der Waals surface area contributed by atoms with Crippen LogP contribution < -0.4 is 0 Å². The number of aliphatic hydroxyl groups excluding tert-OH is 1. The first-order valence-electron chi connectivity index (χ1n) is 6.34. The summed E-state index contributed by atoms with van der Waals surface area (Å²) < 4.78 is 0. The van der Waals surface area contributed by atoms with Gasteiger partial charge < -0.3 is 5.11 Å². The number of aliphatic hydroxyl groups is 1. The summed E-state index contributed by atoms with van der Waals surface area (Å²) in [4.78, 5) is 4.51. The molecule has 0 saturated heterocycles. The Hall–Kier alpha value is -2.19. The topological polar surface area (TPSA) is 33.1 Å². The van der Waals surface area contributed by atoms with Gasteiger partial charge in [0.1, 0.15) is 0 Å². The van der Waals surface area contributed by atoms with Crippen LogP contribution in [0.15, 0.2) is 54.7 Å². The third-order valence-electron chi connectivity index (χ3n) is 3.46. The number of aromatic nitrogens is 1. The molecule has 3 aromatic rings. The first-order chi connectivity index (χ1) is 9.29. The van der Waals surface area contributed by atoms with Crippen LogP contribution in [-0.4, -0.2) is 10.1 Å². The Morgan fingerprint density at radius 1 is 1.05 bits per heavy atom. The van der Waals surface area contributed by atoms with Gasteiger partial charge in [0, 0.05) is 17.1 Å². The van der Waals surface area contributed by atoms with Gasteiger partial charge in [-0.3, -0.25) is 4.98 Å². The van der Waals surface area contributed by atoms with E-state index < -0.39 is 0 Å². The van der Waals surface area contributed by atoms with E-state index in [-0.39, 0.29) is 6.61 Å². The molecule has 0 aliphatic heterocycles. The number of rotatable bonds is 2. The van der Waals surface area contributed by atoms with E-state index in [2.05, 4.69) is 23.2 Å². The van der Waals surface area contributed by atoms with E-state index in [1.54, 1.807) is 0 Å². The van der Waals surface area contributed by atoms with E-state index in [9.17, 15) is 5.11 Å². The average Bonchev–Trinajstić information content (AvgIpc) is 2.46. The van der Waals surface area contributed by atoms with Crippen molar-refractivity contribution in [3.8, 4) is 11.3 Å².